The van der Waals surface area contributed by atoms with Gasteiger partial charge in [0.2, 0.25) is 17.7 Å². The first-order chi connectivity index (χ1) is 14.6. The zero-order chi connectivity index (χ0) is 23.4. The zero-order valence-corrected chi connectivity index (χ0v) is 18.8. The number of nitrogens with two attached hydrogens (primary N) is 1. The molecule has 1 heterocycles. The SMILES string of the molecule is CSCCC(N)C(=O)NCC(=O)NC(CC(C)C)C(=O)NC(Cc1cnc[nH]1)C(=O)O. The highest BCUT2D eigenvalue weighted by atomic mass is 32.2. The largest absolute Gasteiger partial charge is 0.480 e. The van der Waals surface area contributed by atoms with E-state index in [1.165, 1.54) is 12.5 Å². The molecule has 0 saturated heterocycles. The van der Waals surface area contributed by atoms with E-state index < -0.39 is 41.8 Å². The number of aromatic nitrogens is 2. The van der Waals surface area contributed by atoms with Gasteiger partial charge in [0.1, 0.15) is 12.1 Å². The van der Waals surface area contributed by atoms with E-state index in [0.717, 1.165) is 5.75 Å². The van der Waals surface area contributed by atoms with Crippen LogP contribution >= 0.6 is 11.8 Å². The Kier molecular flexibility index (Phi) is 11.6. The third-order valence-electron chi connectivity index (χ3n) is 4.35. The Hall–Kier alpha value is -2.60. The van der Waals surface area contributed by atoms with Crippen LogP contribution < -0.4 is 21.7 Å². The zero-order valence-electron chi connectivity index (χ0n) is 18.0. The second-order valence-corrected chi connectivity index (χ2v) is 8.52. The summed E-state index contributed by atoms with van der Waals surface area (Å²) in [7, 11) is 0. The summed E-state index contributed by atoms with van der Waals surface area (Å²) >= 11 is 1.57. The van der Waals surface area contributed by atoms with Gasteiger partial charge in [-0.1, -0.05) is 13.8 Å². The number of nitrogens with one attached hydrogen (secondary N) is 4. The minimum atomic E-state index is -1.20. The lowest BCUT2D eigenvalue weighted by Crippen LogP contribution is -2.54. The van der Waals surface area contributed by atoms with Gasteiger partial charge in [0.15, 0.2) is 0 Å². The highest BCUT2D eigenvalue weighted by Crippen LogP contribution is 2.07. The molecule has 0 bridgehead atoms. The molecule has 3 atom stereocenters. The average Bonchev–Trinajstić information content (AvgIpc) is 3.21. The monoisotopic (exact) mass is 456 g/mol. The Labute approximate surface area is 185 Å². The Morgan fingerprint density at radius 2 is 1.90 bits per heavy atom. The van der Waals surface area contributed by atoms with Crippen LogP contribution in [0.1, 0.15) is 32.4 Å². The van der Waals surface area contributed by atoms with E-state index in [4.69, 9.17) is 5.73 Å². The van der Waals surface area contributed by atoms with Crippen LogP contribution in [0.25, 0.3) is 0 Å². The van der Waals surface area contributed by atoms with Gasteiger partial charge < -0.3 is 31.8 Å². The molecule has 11 nitrogen and oxygen atoms in total. The molecule has 1 aromatic heterocycles. The van der Waals surface area contributed by atoms with Crippen molar-refractivity contribution in [3.63, 3.8) is 0 Å². The maximum atomic E-state index is 12.7. The number of carboxylic acids is 1. The van der Waals surface area contributed by atoms with Crippen molar-refractivity contribution in [3.05, 3.63) is 18.2 Å². The first-order valence-electron chi connectivity index (χ1n) is 9.96. The number of aromatic amines is 1. The lowest BCUT2D eigenvalue weighted by Gasteiger charge is -2.23. The van der Waals surface area contributed by atoms with Crippen molar-refractivity contribution in [2.75, 3.05) is 18.6 Å². The molecule has 1 aromatic rings. The molecule has 0 radical (unpaired) electrons. The van der Waals surface area contributed by atoms with Gasteiger partial charge in [0, 0.05) is 18.3 Å². The Morgan fingerprint density at radius 3 is 2.45 bits per heavy atom. The molecule has 0 aliphatic heterocycles. The van der Waals surface area contributed by atoms with Gasteiger partial charge in [-0.2, -0.15) is 11.8 Å². The molecule has 3 unspecified atom stereocenters. The lowest BCUT2D eigenvalue weighted by molar-refractivity contribution is -0.142. The van der Waals surface area contributed by atoms with E-state index in [1.54, 1.807) is 11.8 Å². The number of carbonyl (C=O) groups is 4. The van der Waals surface area contributed by atoms with E-state index in [1.807, 2.05) is 20.1 Å². The molecule has 174 valence electrons. The standard InChI is InChI=1S/C19H32N6O5S/c1-11(2)6-14(24-16(26)9-22-17(27)13(20)4-5-31-3)18(28)25-15(19(29)30)7-12-8-21-10-23-12/h8,10-11,13-15H,4-7,9,20H2,1-3H3,(H,21,23)(H,22,27)(H,24,26)(H,25,28)(H,29,30). The summed E-state index contributed by atoms with van der Waals surface area (Å²) in [6.07, 6.45) is 5.60. The third-order valence-corrected chi connectivity index (χ3v) is 4.99. The fourth-order valence-electron chi connectivity index (χ4n) is 2.71. The number of H-pyrrole nitrogens is 1. The molecule has 7 N–H and O–H groups in total. The van der Waals surface area contributed by atoms with Crippen molar-refractivity contribution >= 4 is 35.5 Å². The molecular formula is C19H32N6O5S. The second kappa shape index (κ2) is 13.7. The first kappa shape index (κ1) is 26.4. The maximum Gasteiger partial charge on any atom is 0.326 e. The van der Waals surface area contributed by atoms with Crippen LogP contribution in [0, 0.1) is 5.92 Å². The Bertz CT molecular complexity index is 727. The minimum Gasteiger partial charge on any atom is -0.480 e. The molecule has 12 heteroatoms. The van der Waals surface area contributed by atoms with Gasteiger partial charge in [-0.3, -0.25) is 14.4 Å². The van der Waals surface area contributed by atoms with Crippen molar-refractivity contribution in [1.82, 2.24) is 25.9 Å². The highest BCUT2D eigenvalue weighted by Gasteiger charge is 2.28. The van der Waals surface area contributed by atoms with Crippen LogP contribution in [-0.4, -0.2) is 75.4 Å². The van der Waals surface area contributed by atoms with Gasteiger partial charge in [-0.05, 0) is 30.8 Å². The normalized spacial score (nSPS) is 13.8. The van der Waals surface area contributed by atoms with Gasteiger partial charge in [-0.15, -0.1) is 0 Å². The van der Waals surface area contributed by atoms with Crippen LogP contribution in [0.3, 0.4) is 0 Å². The fraction of sp³-hybridized carbons (Fsp3) is 0.632. The summed E-state index contributed by atoms with van der Waals surface area (Å²) in [6.45, 7) is 3.42. The molecule has 0 aliphatic rings. The highest BCUT2D eigenvalue weighted by molar-refractivity contribution is 7.98. The smallest absolute Gasteiger partial charge is 0.326 e. The van der Waals surface area contributed by atoms with Gasteiger partial charge in [-0.25, -0.2) is 9.78 Å². The molecule has 0 aliphatic carbocycles. The second-order valence-electron chi connectivity index (χ2n) is 7.54. The molecule has 3 amide bonds. The molecule has 0 spiro atoms. The van der Waals surface area contributed by atoms with E-state index in [9.17, 15) is 24.3 Å². The number of nitrogens with zero attached hydrogens (tertiary/aromatic N) is 1. The number of amides is 3. The van der Waals surface area contributed by atoms with E-state index in [2.05, 4.69) is 25.9 Å². The number of hydrogen-bond donors (Lipinski definition) is 6. The van der Waals surface area contributed by atoms with Gasteiger partial charge in [0.25, 0.3) is 0 Å². The summed E-state index contributed by atoms with van der Waals surface area (Å²) in [5.74, 6) is -2.05. The third kappa shape index (κ3) is 10.3. The van der Waals surface area contributed by atoms with Crippen LogP contribution in [0.4, 0.5) is 0 Å². The molecule has 31 heavy (non-hydrogen) atoms. The number of carboxylic acid groups (broad SMARTS) is 1. The number of hydrogen-bond acceptors (Lipinski definition) is 7. The van der Waals surface area contributed by atoms with Gasteiger partial charge in [0.05, 0.1) is 18.9 Å². The van der Waals surface area contributed by atoms with Crippen LogP contribution in [0.5, 0.6) is 0 Å². The summed E-state index contributed by atoms with van der Waals surface area (Å²) in [5, 5.41) is 16.9. The molecular weight excluding hydrogens is 424 g/mol. The fourth-order valence-corrected chi connectivity index (χ4v) is 3.20. The molecule has 0 saturated carbocycles. The van der Waals surface area contributed by atoms with Crippen LogP contribution in [-0.2, 0) is 25.6 Å². The molecule has 0 fully saturated rings. The van der Waals surface area contributed by atoms with Crippen molar-refractivity contribution in [2.45, 2.75) is 51.2 Å². The number of imidazole rings is 1. The first-order valence-corrected chi connectivity index (χ1v) is 11.3. The van der Waals surface area contributed by atoms with Crippen molar-refractivity contribution < 1.29 is 24.3 Å². The Balaban J connectivity index is 2.67. The number of rotatable bonds is 14. The average molecular weight is 457 g/mol. The van der Waals surface area contributed by atoms with Crippen molar-refractivity contribution in [3.8, 4) is 0 Å². The maximum absolute atomic E-state index is 12.7. The predicted octanol–water partition coefficient (Wildman–Crippen LogP) is -0.751. The van der Waals surface area contributed by atoms with E-state index in [0.29, 0.717) is 18.5 Å². The Morgan fingerprint density at radius 1 is 1.19 bits per heavy atom. The summed E-state index contributed by atoms with van der Waals surface area (Å²) < 4.78 is 0. The summed E-state index contributed by atoms with van der Waals surface area (Å²) in [5.41, 5.74) is 6.31. The summed E-state index contributed by atoms with van der Waals surface area (Å²) in [6, 6.07) is -2.85. The van der Waals surface area contributed by atoms with Crippen LogP contribution in [0.15, 0.2) is 12.5 Å². The lowest BCUT2D eigenvalue weighted by atomic mass is 10.0. The molecule has 1 rings (SSSR count). The van der Waals surface area contributed by atoms with Crippen LogP contribution in [0.2, 0.25) is 0 Å². The van der Waals surface area contributed by atoms with E-state index >= 15 is 0 Å². The van der Waals surface area contributed by atoms with Gasteiger partial charge >= 0.3 is 5.97 Å². The van der Waals surface area contributed by atoms with E-state index in [-0.39, 0.29) is 18.9 Å². The summed E-state index contributed by atoms with van der Waals surface area (Å²) in [4.78, 5) is 55.1. The van der Waals surface area contributed by atoms with Crippen molar-refractivity contribution in [2.24, 2.45) is 11.7 Å². The topological polar surface area (TPSA) is 179 Å². The van der Waals surface area contributed by atoms with Crippen molar-refractivity contribution in [1.29, 1.82) is 0 Å². The quantitative estimate of drug-likeness (QED) is 0.211. The number of carbonyl (C=O) groups excluding carboxylic acids is 3. The predicted molar refractivity (Wildman–Crippen MR) is 117 cm³/mol. The minimum absolute atomic E-state index is 0.0212. The molecule has 0 aromatic carbocycles. The number of thioether (sulfide) groups is 1. The number of aliphatic carboxylic acids is 1.